The lowest BCUT2D eigenvalue weighted by molar-refractivity contribution is -0.119. The first-order valence-electron chi connectivity index (χ1n) is 6.72. The van der Waals surface area contributed by atoms with Gasteiger partial charge in [-0.1, -0.05) is 40.9 Å². The Bertz CT molecular complexity index is 820. The van der Waals surface area contributed by atoms with Crippen LogP contribution in [0.15, 0.2) is 52.3 Å². The number of benzene rings is 2. The third-order valence-corrected chi connectivity index (χ3v) is 5.54. The Kier molecular flexibility index (Phi) is 6.54. The Morgan fingerprint density at radius 2 is 1.67 bits per heavy atom. The molecular weight excluding hydrogens is 391 g/mol. The van der Waals surface area contributed by atoms with Gasteiger partial charge in [0.1, 0.15) is 0 Å². The molecule has 0 radical (unpaired) electrons. The molecule has 0 saturated carbocycles. The number of rotatable bonds is 6. The van der Waals surface area contributed by atoms with Crippen molar-refractivity contribution in [3.63, 3.8) is 0 Å². The van der Waals surface area contributed by atoms with E-state index < -0.39 is 15.9 Å². The molecular formula is C15H14Cl2N2O3S2. The molecule has 2 aromatic rings. The molecule has 2 aromatic carbocycles. The molecule has 0 atom stereocenters. The molecule has 2 N–H and O–H groups in total. The second-order valence-corrected chi connectivity index (χ2v) is 8.46. The molecule has 9 heteroatoms. The van der Waals surface area contributed by atoms with Crippen LogP contribution in [-0.2, 0) is 14.8 Å². The summed E-state index contributed by atoms with van der Waals surface area (Å²) in [6.07, 6.45) is 0. The highest BCUT2D eigenvalue weighted by molar-refractivity contribution is 8.00. The van der Waals surface area contributed by atoms with E-state index in [1.165, 1.54) is 30.0 Å². The van der Waals surface area contributed by atoms with Crippen molar-refractivity contribution in [2.75, 3.05) is 5.75 Å². The van der Waals surface area contributed by atoms with Gasteiger partial charge in [-0.05, 0) is 37.3 Å². The van der Waals surface area contributed by atoms with E-state index in [1.807, 2.05) is 36.0 Å². The number of hydrogen-bond acceptors (Lipinski definition) is 4. The summed E-state index contributed by atoms with van der Waals surface area (Å²) in [6, 6.07) is 11.6. The number of thioether (sulfide) groups is 1. The van der Waals surface area contributed by atoms with Crippen molar-refractivity contribution < 1.29 is 13.2 Å². The smallest absolute Gasteiger partial charge is 0.257 e. The lowest BCUT2D eigenvalue weighted by Gasteiger charge is -2.09. The lowest BCUT2D eigenvalue weighted by Crippen LogP contribution is -2.42. The third kappa shape index (κ3) is 5.68. The van der Waals surface area contributed by atoms with Crippen molar-refractivity contribution in [1.29, 1.82) is 0 Å². The van der Waals surface area contributed by atoms with Crippen molar-refractivity contribution in [3.8, 4) is 0 Å². The number of aryl methyl sites for hydroxylation is 1. The first-order valence-corrected chi connectivity index (χ1v) is 9.95. The molecule has 0 spiro atoms. The van der Waals surface area contributed by atoms with Gasteiger partial charge in [-0.25, -0.2) is 8.42 Å². The third-order valence-electron chi connectivity index (χ3n) is 2.86. The standard InChI is InChI=1S/C15H14Cl2N2O3S2/c1-10-2-4-13(5-3-10)23-9-15(20)18-19-24(21,22)14-7-11(16)6-12(17)8-14/h2-8,19H,9H2,1H3,(H,18,20). The number of carbonyl (C=O) groups is 1. The van der Waals surface area contributed by atoms with Gasteiger partial charge in [-0.3, -0.25) is 10.2 Å². The molecule has 0 unspecified atom stereocenters. The number of halogens is 2. The molecule has 0 aliphatic carbocycles. The second kappa shape index (κ2) is 8.22. The number of carbonyl (C=O) groups excluding carboxylic acids is 1. The molecule has 5 nitrogen and oxygen atoms in total. The zero-order valence-corrected chi connectivity index (χ0v) is 15.7. The van der Waals surface area contributed by atoms with Crippen LogP contribution >= 0.6 is 35.0 Å². The Labute approximate surface area is 154 Å². The number of amides is 1. The van der Waals surface area contributed by atoms with Crippen LogP contribution in [0.4, 0.5) is 0 Å². The second-order valence-electron chi connectivity index (χ2n) is 4.86. The minimum atomic E-state index is -3.95. The van der Waals surface area contributed by atoms with Crippen LogP contribution in [0, 0.1) is 6.92 Å². The number of hydrogen-bond donors (Lipinski definition) is 2. The van der Waals surface area contributed by atoms with Crippen LogP contribution in [-0.4, -0.2) is 20.1 Å². The molecule has 0 heterocycles. The molecule has 0 aromatic heterocycles. The zero-order chi connectivity index (χ0) is 17.7. The highest BCUT2D eigenvalue weighted by Crippen LogP contribution is 2.22. The van der Waals surface area contributed by atoms with Crippen molar-refractivity contribution in [1.82, 2.24) is 10.3 Å². The van der Waals surface area contributed by atoms with Crippen molar-refractivity contribution in [2.45, 2.75) is 16.7 Å². The quantitative estimate of drug-likeness (QED) is 0.571. The van der Waals surface area contributed by atoms with E-state index in [-0.39, 0.29) is 20.7 Å². The Balaban J connectivity index is 1.91. The topological polar surface area (TPSA) is 75.3 Å². The lowest BCUT2D eigenvalue weighted by atomic mass is 10.2. The molecule has 0 aliphatic heterocycles. The summed E-state index contributed by atoms with van der Waals surface area (Å²) in [6.45, 7) is 1.97. The highest BCUT2D eigenvalue weighted by Gasteiger charge is 2.16. The van der Waals surface area contributed by atoms with Gasteiger partial charge in [0.2, 0.25) is 5.91 Å². The van der Waals surface area contributed by atoms with Gasteiger partial charge in [0.05, 0.1) is 10.6 Å². The van der Waals surface area contributed by atoms with Crippen molar-refractivity contribution in [3.05, 3.63) is 58.1 Å². The SMILES string of the molecule is Cc1ccc(SCC(=O)NNS(=O)(=O)c2cc(Cl)cc(Cl)c2)cc1. The van der Waals surface area contributed by atoms with Gasteiger partial charge < -0.3 is 0 Å². The van der Waals surface area contributed by atoms with Crippen LogP contribution < -0.4 is 10.3 Å². The fraction of sp³-hybridized carbons (Fsp3) is 0.133. The highest BCUT2D eigenvalue weighted by atomic mass is 35.5. The summed E-state index contributed by atoms with van der Waals surface area (Å²) < 4.78 is 24.2. The Morgan fingerprint density at radius 1 is 1.08 bits per heavy atom. The van der Waals surface area contributed by atoms with Crippen molar-refractivity contribution in [2.24, 2.45) is 0 Å². The summed E-state index contributed by atoms with van der Waals surface area (Å²) >= 11 is 12.9. The summed E-state index contributed by atoms with van der Waals surface area (Å²) in [5.74, 6) is -0.403. The zero-order valence-electron chi connectivity index (χ0n) is 12.5. The average Bonchev–Trinajstić information content (AvgIpc) is 2.51. The van der Waals surface area contributed by atoms with E-state index in [9.17, 15) is 13.2 Å². The van der Waals surface area contributed by atoms with Crippen LogP contribution in [0.1, 0.15) is 5.56 Å². The van der Waals surface area contributed by atoms with E-state index in [2.05, 4.69) is 5.43 Å². The van der Waals surface area contributed by atoms with Gasteiger partial charge in [0, 0.05) is 14.9 Å². The van der Waals surface area contributed by atoms with E-state index in [4.69, 9.17) is 23.2 Å². The Morgan fingerprint density at radius 3 is 2.25 bits per heavy atom. The van der Waals surface area contributed by atoms with E-state index in [0.717, 1.165) is 10.5 Å². The summed E-state index contributed by atoms with van der Waals surface area (Å²) in [4.78, 5) is 14.6. The summed E-state index contributed by atoms with van der Waals surface area (Å²) in [5.41, 5.74) is 3.28. The molecule has 1 amide bonds. The first kappa shape index (κ1) is 19.1. The Hall–Kier alpha value is -1.25. The average molecular weight is 405 g/mol. The maximum atomic E-state index is 12.1. The molecule has 128 valence electrons. The molecule has 2 rings (SSSR count). The fourth-order valence-corrected chi connectivity index (χ4v) is 3.97. The molecule has 0 fully saturated rings. The normalized spacial score (nSPS) is 11.3. The van der Waals surface area contributed by atoms with Crippen LogP contribution in [0.3, 0.4) is 0 Å². The number of hydrazine groups is 1. The number of nitrogens with one attached hydrogen (secondary N) is 2. The van der Waals surface area contributed by atoms with Gasteiger partial charge in [0.25, 0.3) is 10.0 Å². The first-order chi connectivity index (χ1) is 11.3. The minimum Gasteiger partial charge on any atom is -0.277 e. The number of sulfonamides is 1. The summed E-state index contributed by atoms with van der Waals surface area (Å²) in [7, 11) is -3.95. The maximum absolute atomic E-state index is 12.1. The minimum absolute atomic E-state index is 0.0713. The van der Waals surface area contributed by atoms with Gasteiger partial charge in [0.15, 0.2) is 0 Å². The predicted molar refractivity (Wildman–Crippen MR) is 96.8 cm³/mol. The van der Waals surface area contributed by atoms with Crippen LogP contribution in [0.2, 0.25) is 10.0 Å². The van der Waals surface area contributed by atoms with Gasteiger partial charge in [-0.15, -0.1) is 16.6 Å². The molecule has 0 aliphatic rings. The van der Waals surface area contributed by atoms with Crippen LogP contribution in [0.25, 0.3) is 0 Å². The largest absolute Gasteiger partial charge is 0.277 e. The predicted octanol–water partition coefficient (Wildman–Crippen LogP) is 3.40. The van der Waals surface area contributed by atoms with Gasteiger partial charge in [-0.2, -0.15) is 0 Å². The van der Waals surface area contributed by atoms with Crippen molar-refractivity contribution >= 4 is 50.9 Å². The van der Waals surface area contributed by atoms with E-state index >= 15 is 0 Å². The fourth-order valence-electron chi connectivity index (χ4n) is 1.69. The van der Waals surface area contributed by atoms with Crippen LogP contribution in [0.5, 0.6) is 0 Å². The van der Waals surface area contributed by atoms with E-state index in [1.54, 1.807) is 0 Å². The molecule has 24 heavy (non-hydrogen) atoms. The monoisotopic (exact) mass is 404 g/mol. The van der Waals surface area contributed by atoms with Gasteiger partial charge >= 0.3 is 0 Å². The van der Waals surface area contributed by atoms with E-state index in [0.29, 0.717) is 0 Å². The molecule has 0 saturated heterocycles. The maximum Gasteiger partial charge on any atom is 0.257 e. The summed E-state index contributed by atoms with van der Waals surface area (Å²) in [5, 5.41) is 0.369. The molecule has 0 bridgehead atoms.